The lowest BCUT2D eigenvalue weighted by Gasteiger charge is -2.12. The second-order valence-electron chi connectivity index (χ2n) is 4.82. The molecule has 6 nitrogen and oxygen atoms in total. The van der Waals surface area contributed by atoms with Crippen molar-refractivity contribution < 1.29 is 19.5 Å². The predicted octanol–water partition coefficient (Wildman–Crippen LogP) is 2.45. The maximum Gasteiger partial charge on any atom is 0.305 e. The van der Waals surface area contributed by atoms with Gasteiger partial charge in [-0.2, -0.15) is 0 Å². The maximum absolute atomic E-state index is 12.5. The van der Waals surface area contributed by atoms with Gasteiger partial charge < -0.3 is 10.4 Å². The molecule has 0 atom stereocenters. The maximum atomic E-state index is 12.5. The molecule has 1 aromatic carbocycles. The summed E-state index contributed by atoms with van der Waals surface area (Å²) in [6.45, 7) is -0.0102. The van der Waals surface area contributed by atoms with Crippen LogP contribution < -0.4 is 5.32 Å². The molecule has 0 spiro atoms. The number of fused-ring (bicyclic) bond motifs is 1. The van der Waals surface area contributed by atoms with E-state index in [0.717, 1.165) is 16.2 Å². The summed E-state index contributed by atoms with van der Waals surface area (Å²) in [5, 5.41) is 11.5. The Morgan fingerprint density at radius 3 is 2.83 bits per heavy atom. The molecule has 0 unspecified atom stereocenters. The number of anilines is 1. The zero-order valence-corrected chi connectivity index (χ0v) is 14.7. The van der Waals surface area contributed by atoms with Gasteiger partial charge in [-0.15, -0.1) is 0 Å². The number of rotatable bonds is 3. The number of nitrogens with one attached hydrogen (secondary N) is 1. The number of carbonyl (C=O) groups excluding carboxylic acids is 2. The second-order valence-corrected chi connectivity index (χ2v) is 7.38. The van der Waals surface area contributed by atoms with Crippen molar-refractivity contribution in [2.75, 3.05) is 11.9 Å². The number of hydrogen-bond acceptors (Lipinski definition) is 5. The van der Waals surface area contributed by atoms with Crippen molar-refractivity contribution in [3.63, 3.8) is 0 Å². The van der Waals surface area contributed by atoms with Crippen molar-refractivity contribution in [1.82, 2.24) is 4.90 Å². The summed E-state index contributed by atoms with van der Waals surface area (Å²) in [5.74, 6) is -1.81. The molecule has 0 radical (unpaired) electrons. The van der Waals surface area contributed by atoms with E-state index in [1.165, 1.54) is 4.90 Å². The molecule has 0 aromatic heterocycles. The van der Waals surface area contributed by atoms with Gasteiger partial charge in [-0.05, 0) is 18.2 Å². The first-order valence-corrected chi connectivity index (χ1v) is 8.51. The van der Waals surface area contributed by atoms with Crippen LogP contribution >= 0.6 is 39.9 Å². The third-order valence-electron chi connectivity index (χ3n) is 3.35. The number of benzene rings is 1. The Balaban J connectivity index is 2.01. The number of aliphatic carboxylic acids is 1. The topological polar surface area (TPSA) is 86.7 Å². The highest BCUT2D eigenvalue weighted by atomic mass is 79.9. The van der Waals surface area contributed by atoms with Crippen LogP contribution in [0.2, 0.25) is 0 Å². The first-order chi connectivity index (χ1) is 10.9. The van der Waals surface area contributed by atoms with Gasteiger partial charge in [0.2, 0.25) is 0 Å². The smallest absolute Gasteiger partial charge is 0.305 e. The molecule has 1 fully saturated rings. The number of amides is 2. The summed E-state index contributed by atoms with van der Waals surface area (Å²) in [4.78, 5) is 36.9. The third-order valence-corrected chi connectivity index (χ3v) is 5.29. The lowest BCUT2D eigenvalue weighted by atomic mass is 10.1. The van der Waals surface area contributed by atoms with Crippen LogP contribution in [0.1, 0.15) is 12.0 Å². The van der Waals surface area contributed by atoms with Crippen molar-refractivity contribution in [2.24, 2.45) is 0 Å². The molecule has 2 N–H and O–H groups in total. The summed E-state index contributed by atoms with van der Waals surface area (Å²) < 4.78 is 1.04. The van der Waals surface area contributed by atoms with Crippen molar-refractivity contribution >= 4 is 73.3 Å². The van der Waals surface area contributed by atoms with E-state index < -0.39 is 11.9 Å². The Morgan fingerprint density at radius 2 is 2.13 bits per heavy atom. The van der Waals surface area contributed by atoms with E-state index in [2.05, 4.69) is 21.2 Å². The SMILES string of the molecule is O=C(O)CCN1C(=O)C(=C2C(=O)Nc3ccc(Br)cc32)SC1=S. The number of nitrogens with zero attached hydrogens (tertiary/aromatic N) is 1. The average Bonchev–Trinajstić information content (AvgIpc) is 2.93. The van der Waals surface area contributed by atoms with Crippen molar-refractivity contribution in [3.05, 3.63) is 33.1 Å². The highest BCUT2D eigenvalue weighted by Crippen LogP contribution is 2.42. The fourth-order valence-electron chi connectivity index (χ4n) is 2.31. The Morgan fingerprint density at radius 1 is 1.39 bits per heavy atom. The fraction of sp³-hybridized carbons (Fsp3) is 0.143. The molecule has 0 saturated carbocycles. The number of thioether (sulfide) groups is 1. The summed E-state index contributed by atoms with van der Waals surface area (Å²) in [6, 6.07) is 5.29. The quantitative estimate of drug-likeness (QED) is 0.585. The Kier molecular flexibility index (Phi) is 4.26. The van der Waals surface area contributed by atoms with Crippen LogP contribution in [0.25, 0.3) is 5.57 Å². The van der Waals surface area contributed by atoms with E-state index in [1.807, 2.05) is 0 Å². The minimum atomic E-state index is -1.01. The van der Waals surface area contributed by atoms with Crippen LogP contribution in [0.4, 0.5) is 5.69 Å². The van der Waals surface area contributed by atoms with Gasteiger partial charge in [-0.1, -0.05) is 39.9 Å². The summed E-state index contributed by atoms with van der Waals surface area (Å²) in [5.41, 5.74) is 1.53. The van der Waals surface area contributed by atoms with Gasteiger partial charge in [0.05, 0.1) is 16.9 Å². The zero-order valence-electron chi connectivity index (χ0n) is 11.5. The minimum Gasteiger partial charge on any atom is -0.481 e. The molecular formula is C14H9BrN2O4S2. The molecule has 2 aliphatic heterocycles. The molecule has 1 saturated heterocycles. The number of carboxylic acids is 1. The summed E-state index contributed by atoms with van der Waals surface area (Å²) >= 11 is 9.51. The van der Waals surface area contributed by atoms with Crippen LogP contribution in [0.5, 0.6) is 0 Å². The molecule has 0 bridgehead atoms. The van der Waals surface area contributed by atoms with Gasteiger partial charge in [0, 0.05) is 22.3 Å². The number of hydrogen-bond donors (Lipinski definition) is 2. The first-order valence-electron chi connectivity index (χ1n) is 6.49. The normalized spacial score (nSPS) is 20.0. The lowest BCUT2D eigenvalue weighted by molar-refractivity contribution is -0.137. The number of carbonyl (C=O) groups is 3. The first kappa shape index (κ1) is 16.2. The Labute approximate surface area is 149 Å². The Bertz CT molecular complexity index is 806. The van der Waals surface area contributed by atoms with E-state index in [1.54, 1.807) is 18.2 Å². The standard InChI is InChI=1S/C14H9BrN2O4S2/c15-6-1-2-8-7(5-6)10(12(20)16-8)11-13(21)17(14(22)23-11)4-3-9(18)19/h1-2,5H,3-4H2,(H,16,20)(H,18,19). The summed E-state index contributed by atoms with van der Waals surface area (Å²) in [7, 11) is 0. The number of thiocarbonyl (C=S) groups is 1. The molecule has 1 aromatic rings. The summed E-state index contributed by atoms with van der Waals surface area (Å²) in [6.07, 6.45) is -0.205. The van der Waals surface area contributed by atoms with Gasteiger partial charge in [0.25, 0.3) is 11.8 Å². The fourth-order valence-corrected chi connectivity index (χ4v) is 4.06. The largest absolute Gasteiger partial charge is 0.481 e. The average molecular weight is 413 g/mol. The van der Waals surface area contributed by atoms with E-state index in [9.17, 15) is 14.4 Å². The highest BCUT2D eigenvalue weighted by Gasteiger charge is 2.39. The van der Waals surface area contributed by atoms with E-state index >= 15 is 0 Å². The molecular weight excluding hydrogens is 404 g/mol. The van der Waals surface area contributed by atoms with Crippen LogP contribution in [-0.2, 0) is 14.4 Å². The molecule has 9 heteroatoms. The van der Waals surface area contributed by atoms with Crippen molar-refractivity contribution in [2.45, 2.75) is 6.42 Å². The van der Waals surface area contributed by atoms with Crippen LogP contribution in [0.15, 0.2) is 27.6 Å². The predicted molar refractivity (Wildman–Crippen MR) is 93.8 cm³/mol. The highest BCUT2D eigenvalue weighted by molar-refractivity contribution is 9.10. The molecule has 2 heterocycles. The third kappa shape index (κ3) is 2.91. The molecule has 23 heavy (non-hydrogen) atoms. The monoisotopic (exact) mass is 412 g/mol. The van der Waals surface area contributed by atoms with Crippen molar-refractivity contribution in [3.8, 4) is 0 Å². The van der Waals surface area contributed by atoms with Gasteiger partial charge in [-0.25, -0.2) is 0 Å². The zero-order chi connectivity index (χ0) is 16.7. The van der Waals surface area contributed by atoms with Crippen molar-refractivity contribution in [1.29, 1.82) is 0 Å². The van der Waals surface area contributed by atoms with E-state index in [-0.39, 0.29) is 33.7 Å². The molecule has 0 aliphatic carbocycles. The molecule has 3 rings (SSSR count). The van der Waals surface area contributed by atoms with Gasteiger partial charge >= 0.3 is 5.97 Å². The second kappa shape index (κ2) is 6.06. The minimum absolute atomic E-state index is 0.0102. The van der Waals surface area contributed by atoms with Gasteiger partial charge in [-0.3, -0.25) is 19.3 Å². The van der Waals surface area contributed by atoms with Gasteiger partial charge in [0.15, 0.2) is 0 Å². The number of halogens is 1. The lowest BCUT2D eigenvalue weighted by Crippen LogP contribution is -2.30. The van der Waals surface area contributed by atoms with E-state index in [4.69, 9.17) is 17.3 Å². The van der Waals surface area contributed by atoms with Crippen LogP contribution in [-0.4, -0.2) is 38.7 Å². The van der Waals surface area contributed by atoms with E-state index in [0.29, 0.717) is 11.3 Å². The van der Waals surface area contributed by atoms with Gasteiger partial charge in [0.1, 0.15) is 4.32 Å². The van der Waals surface area contributed by atoms with Crippen LogP contribution in [0, 0.1) is 0 Å². The molecule has 2 amide bonds. The number of carboxylic acid groups (broad SMARTS) is 1. The molecule has 2 aliphatic rings. The molecule has 118 valence electrons. The van der Waals surface area contributed by atoms with Crippen LogP contribution in [0.3, 0.4) is 0 Å². The Hall–Kier alpha value is -1.71.